The zero-order valence-electron chi connectivity index (χ0n) is 14.1. The van der Waals surface area contributed by atoms with Gasteiger partial charge in [0.1, 0.15) is 5.69 Å². The highest BCUT2D eigenvalue weighted by atomic mass is 19.4. The number of hydrogen-bond acceptors (Lipinski definition) is 4. The maximum Gasteiger partial charge on any atom is 0.435 e. The molecule has 10 heteroatoms. The highest BCUT2D eigenvalue weighted by Crippen LogP contribution is 2.34. The van der Waals surface area contributed by atoms with Crippen LogP contribution in [0, 0.1) is 0 Å². The number of rotatable bonds is 7. The Balaban J connectivity index is 2.54. The number of aromatic nitrogens is 2. The van der Waals surface area contributed by atoms with Crippen LogP contribution in [-0.2, 0) is 11.0 Å². The minimum absolute atomic E-state index is 0.108. The molecule has 1 atom stereocenters. The van der Waals surface area contributed by atoms with E-state index in [9.17, 15) is 22.8 Å². The number of fused-ring (bicyclic) bond motifs is 1. The summed E-state index contributed by atoms with van der Waals surface area (Å²) in [6.45, 7) is 3.51. The molecular weight excluding hydrogens is 355 g/mol. The standard InChI is InChI=1S/C16H18F3N3O4/c1-3-9(8-11(23)24)20-15(25)12-13(16(17,18)19)21-14-10(26-4-2)6-5-7-22(12)14/h5-7,9H,3-4,8H2,1-2H3,(H,20,25)(H,23,24)/t9-/m1/s1. The average Bonchev–Trinajstić information content (AvgIpc) is 2.95. The highest BCUT2D eigenvalue weighted by Gasteiger charge is 2.41. The predicted molar refractivity (Wildman–Crippen MR) is 85.2 cm³/mol. The van der Waals surface area contributed by atoms with E-state index < -0.39 is 41.9 Å². The topological polar surface area (TPSA) is 92.9 Å². The molecule has 7 nitrogen and oxygen atoms in total. The molecule has 1 amide bonds. The molecule has 0 radical (unpaired) electrons. The number of carboxylic acid groups (broad SMARTS) is 1. The maximum atomic E-state index is 13.4. The summed E-state index contributed by atoms with van der Waals surface area (Å²) >= 11 is 0. The Morgan fingerprint density at radius 3 is 2.62 bits per heavy atom. The van der Waals surface area contributed by atoms with Gasteiger partial charge in [-0.15, -0.1) is 0 Å². The normalized spacial score (nSPS) is 12.8. The van der Waals surface area contributed by atoms with Gasteiger partial charge in [-0.25, -0.2) is 4.98 Å². The van der Waals surface area contributed by atoms with Gasteiger partial charge in [-0.1, -0.05) is 6.92 Å². The molecule has 0 saturated heterocycles. The van der Waals surface area contributed by atoms with E-state index in [-0.39, 0.29) is 24.4 Å². The zero-order valence-corrected chi connectivity index (χ0v) is 14.1. The Bertz CT molecular complexity index is 817. The molecule has 0 spiro atoms. The van der Waals surface area contributed by atoms with Crippen molar-refractivity contribution in [2.45, 2.75) is 38.9 Å². The summed E-state index contributed by atoms with van der Waals surface area (Å²) in [6.07, 6.45) is -3.74. The van der Waals surface area contributed by atoms with Gasteiger partial charge in [0, 0.05) is 12.2 Å². The smallest absolute Gasteiger partial charge is 0.435 e. The van der Waals surface area contributed by atoms with Crippen LogP contribution in [-0.4, -0.2) is 39.0 Å². The summed E-state index contributed by atoms with van der Waals surface area (Å²) in [5, 5.41) is 11.2. The third kappa shape index (κ3) is 4.06. The number of carboxylic acids is 1. The third-order valence-corrected chi connectivity index (χ3v) is 3.65. The zero-order chi connectivity index (χ0) is 19.5. The number of aliphatic carboxylic acids is 1. The Labute approximate surface area is 146 Å². The number of alkyl halides is 3. The molecule has 0 unspecified atom stereocenters. The lowest BCUT2D eigenvalue weighted by molar-refractivity contribution is -0.141. The molecule has 2 N–H and O–H groups in total. The highest BCUT2D eigenvalue weighted by molar-refractivity contribution is 5.95. The molecule has 2 rings (SSSR count). The van der Waals surface area contributed by atoms with Gasteiger partial charge in [0.05, 0.1) is 13.0 Å². The Hall–Kier alpha value is -2.78. The SMILES string of the molecule is CCOc1cccn2c(C(=O)N[C@H](CC)CC(=O)O)c(C(F)(F)F)nc12. The van der Waals surface area contributed by atoms with E-state index in [2.05, 4.69) is 10.3 Å². The molecule has 26 heavy (non-hydrogen) atoms. The van der Waals surface area contributed by atoms with Crippen LogP contribution in [0.3, 0.4) is 0 Å². The second kappa shape index (κ2) is 7.63. The number of ether oxygens (including phenoxy) is 1. The molecule has 2 aromatic rings. The second-order valence-corrected chi connectivity index (χ2v) is 5.48. The van der Waals surface area contributed by atoms with Gasteiger partial charge in [-0.3, -0.25) is 14.0 Å². The van der Waals surface area contributed by atoms with E-state index in [1.807, 2.05) is 0 Å². The lowest BCUT2D eigenvalue weighted by atomic mass is 10.1. The van der Waals surface area contributed by atoms with Crippen LogP contribution in [0.2, 0.25) is 0 Å². The maximum absolute atomic E-state index is 13.4. The van der Waals surface area contributed by atoms with Crippen molar-refractivity contribution >= 4 is 17.5 Å². The molecule has 2 heterocycles. The summed E-state index contributed by atoms with van der Waals surface area (Å²) in [6, 6.07) is 2.08. The van der Waals surface area contributed by atoms with Gasteiger partial charge in [0.25, 0.3) is 5.91 Å². The predicted octanol–water partition coefficient (Wildman–Crippen LogP) is 2.73. The summed E-state index contributed by atoms with van der Waals surface area (Å²) in [4.78, 5) is 26.9. The van der Waals surface area contributed by atoms with Gasteiger partial charge in [0.15, 0.2) is 17.1 Å². The number of nitrogens with zero attached hydrogens (tertiary/aromatic N) is 2. The number of pyridine rings is 1. The molecular formula is C16H18F3N3O4. The van der Waals surface area contributed by atoms with Crippen molar-refractivity contribution in [1.29, 1.82) is 0 Å². The van der Waals surface area contributed by atoms with Gasteiger partial charge < -0.3 is 15.2 Å². The first-order chi connectivity index (χ1) is 12.2. The Morgan fingerprint density at radius 2 is 2.08 bits per heavy atom. The molecule has 0 aliphatic heterocycles. The van der Waals surface area contributed by atoms with E-state index >= 15 is 0 Å². The summed E-state index contributed by atoms with van der Waals surface area (Å²) in [5.74, 6) is -2.10. The van der Waals surface area contributed by atoms with Crippen molar-refractivity contribution < 1.29 is 32.6 Å². The van der Waals surface area contributed by atoms with Crippen molar-refractivity contribution in [2.75, 3.05) is 6.61 Å². The fraction of sp³-hybridized carbons (Fsp3) is 0.438. The first-order valence-electron chi connectivity index (χ1n) is 7.92. The van der Waals surface area contributed by atoms with Crippen LogP contribution in [0.4, 0.5) is 13.2 Å². The molecule has 0 aliphatic carbocycles. The lowest BCUT2D eigenvalue weighted by Crippen LogP contribution is -2.37. The molecule has 0 bridgehead atoms. The minimum Gasteiger partial charge on any atom is -0.490 e. The lowest BCUT2D eigenvalue weighted by Gasteiger charge is -2.15. The Morgan fingerprint density at radius 1 is 1.38 bits per heavy atom. The van der Waals surface area contributed by atoms with Crippen LogP contribution >= 0.6 is 0 Å². The number of halogens is 3. The molecule has 2 aromatic heterocycles. The number of nitrogens with one attached hydrogen (secondary N) is 1. The van der Waals surface area contributed by atoms with E-state index in [0.717, 1.165) is 4.40 Å². The molecule has 0 saturated carbocycles. The summed E-state index contributed by atoms with van der Waals surface area (Å²) in [5.41, 5.74) is -2.21. The number of carbonyl (C=O) groups is 2. The fourth-order valence-electron chi connectivity index (χ4n) is 2.49. The first kappa shape index (κ1) is 19.5. The molecule has 0 fully saturated rings. The number of imidazole rings is 1. The molecule has 142 valence electrons. The van der Waals surface area contributed by atoms with Crippen molar-refractivity contribution in [3.63, 3.8) is 0 Å². The van der Waals surface area contributed by atoms with E-state index in [4.69, 9.17) is 9.84 Å². The van der Waals surface area contributed by atoms with Gasteiger partial charge in [0.2, 0.25) is 0 Å². The van der Waals surface area contributed by atoms with Crippen molar-refractivity contribution in [2.24, 2.45) is 0 Å². The van der Waals surface area contributed by atoms with Crippen LogP contribution in [0.15, 0.2) is 18.3 Å². The van der Waals surface area contributed by atoms with Crippen LogP contribution in [0.25, 0.3) is 5.65 Å². The van der Waals surface area contributed by atoms with Crippen LogP contribution in [0.1, 0.15) is 42.9 Å². The summed E-state index contributed by atoms with van der Waals surface area (Å²) in [7, 11) is 0. The minimum atomic E-state index is -4.86. The van der Waals surface area contributed by atoms with E-state index in [0.29, 0.717) is 0 Å². The van der Waals surface area contributed by atoms with Crippen molar-refractivity contribution in [1.82, 2.24) is 14.7 Å². The quantitative estimate of drug-likeness (QED) is 0.779. The van der Waals surface area contributed by atoms with Crippen molar-refractivity contribution in [3.8, 4) is 5.75 Å². The third-order valence-electron chi connectivity index (χ3n) is 3.65. The number of carbonyl (C=O) groups excluding carboxylic acids is 1. The fourth-order valence-corrected chi connectivity index (χ4v) is 2.49. The average molecular weight is 373 g/mol. The largest absolute Gasteiger partial charge is 0.490 e. The van der Waals surface area contributed by atoms with Gasteiger partial charge >= 0.3 is 12.1 Å². The first-order valence-corrected chi connectivity index (χ1v) is 7.92. The molecule has 0 aliphatic rings. The number of hydrogen-bond donors (Lipinski definition) is 2. The van der Waals surface area contributed by atoms with Gasteiger partial charge in [-0.2, -0.15) is 13.2 Å². The summed E-state index contributed by atoms with van der Waals surface area (Å²) < 4.78 is 46.5. The van der Waals surface area contributed by atoms with E-state index in [1.165, 1.54) is 18.3 Å². The second-order valence-electron chi connectivity index (χ2n) is 5.48. The monoisotopic (exact) mass is 373 g/mol. The number of amides is 1. The van der Waals surface area contributed by atoms with Gasteiger partial charge in [-0.05, 0) is 25.5 Å². The molecule has 0 aromatic carbocycles. The van der Waals surface area contributed by atoms with E-state index in [1.54, 1.807) is 13.8 Å². The van der Waals surface area contributed by atoms with Crippen molar-refractivity contribution in [3.05, 3.63) is 29.7 Å². The van der Waals surface area contributed by atoms with Crippen LogP contribution < -0.4 is 10.1 Å². The Kier molecular flexibility index (Phi) is 5.73. The van der Waals surface area contributed by atoms with Crippen LogP contribution in [0.5, 0.6) is 5.75 Å².